The zero-order valence-electron chi connectivity index (χ0n) is 20.6. The van der Waals surface area contributed by atoms with Crippen LogP contribution in [0.15, 0.2) is 24.3 Å². The maximum absolute atomic E-state index is 12.2. The molecule has 0 aliphatic heterocycles. The molecule has 2 amide bonds. The number of benzene rings is 1. The van der Waals surface area contributed by atoms with Crippen molar-refractivity contribution in [3.63, 3.8) is 0 Å². The Bertz CT molecular complexity index is 697. The largest absolute Gasteiger partial charge is 0.497 e. The summed E-state index contributed by atoms with van der Waals surface area (Å²) in [6, 6.07) is 6.95. The minimum absolute atomic E-state index is 0.00419. The Balaban J connectivity index is 2.17. The van der Waals surface area contributed by atoms with Gasteiger partial charge in [0, 0.05) is 25.3 Å². The van der Waals surface area contributed by atoms with Crippen molar-refractivity contribution < 1.29 is 28.5 Å². The first-order valence-corrected chi connectivity index (χ1v) is 11.1. The molecule has 1 aromatic rings. The molecule has 8 heteroatoms. The van der Waals surface area contributed by atoms with Crippen molar-refractivity contribution in [3.05, 3.63) is 29.8 Å². The average molecular weight is 453 g/mol. The van der Waals surface area contributed by atoms with Crippen molar-refractivity contribution in [2.24, 2.45) is 0 Å². The van der Waals surface area contributed by atoms with Gasteiger partial charge in [-0.25, -0.2) is 4.79 Å². The van der Waals surface area contributed by atoms with Crippen LogP contribution in [0.4, 0.5) is 4.79 Å². The van der Waals surface area contributed by atoms with Crippen molar-refractivity contribution >= 4 is 12.0 Å². The van der Waals surface area contributed by atoms with Gasteiger partial charge >= 0.3 is 6.09 Å². The normalized spacial score (nSPS) is 12.7. The zero-order valence-corrected chi connectivity index (χ0v) is 20.6. The molecular formula is C24H40N2O6. The van der Waals surface area contributed by atoms with Crippen LogP contribution < -0.4 is 15.4 Å². The number of ether oxygens (including phenoxy) is 4. The molecule has 1 aromatic carbocycles. The molecule has 0 heterocycles. The molecule has 0 saturated heterocycles. The summed E-state index contributed by atoms with van der Waals surface area (Å²) in [6.45, 7) is 13.3. The van der Waals surface area contributed by atoms with Gasteiger partial charge in [0.2, 0.25) is 0 Å². The maximum Gasteiger partial charge on any atom is 0.407 e. The van der Waals surface area contributed by atoms with Gasteiger partial charge in [0.25, 0.3) is 5.91 Å². The molecule has 32 heavy (non-hydrogen) atoms. The number of alkyl carbamates (subject to hydrolysis) is 1. The number of carbonyl (C=O) groups excluding carboxylic acids is 2. The third-order valence-corrected chi connectivity index (χ3v) is 4.56. The molecule has 0 saturated carbocycles. The third-order valence-electron chi connectivity index (χ3n) is 4.56. The summed E-state index contributed by atoms with van der Waals surface area (Å²) in [7, 11) is 1.59. The monoisotopic (exact) mass is 452 g/mol. The van der Waals surface area contributed by atoms with E-state index in [1.54, 1.807) is 31.4 Å². The lowest BCUT2D eigenvalue weighted by Gasteiger charge is -2.26. The standard InChI is InChI=1S/C24H40N2O6/c1-18(12-14-26-22(28)32-23(2,3)4)30-16-13-24(5,6)31-17-15-25-21(27)19-8-10-20(29-7)11-9-19/h8-11,18H,12-17H2,1-7H3,(H,25,27)(H,26,28). The van der Waals surface area contributed by atoms with Gasteiger partial charge in [0.15, 0.2) is 0 Å². The van der Waals surface area contributed by atoms with Crippen molar-refractivity contribution in [3.8, 4) is 5.75 Å². The van der Waals surface area contributed by atoms with Gasteiger partial charge in [0.05, 0.1) is 25.4 Å². The average Bonchev–Trinajstić information content (AvgIpc) is 2.69. The fraction of sp³-hybridized carbons (Fsp3) is 0.667. The highest BCUT2D eigenvalue weighted by Gasteiger charge is 2.19. The first-order chi connectivity index (χ1) is 14.9. The first-order valence-electron chi connectivity index (χ1n) is 11.1. The van der Waals surface area contributed by atoms with Crippen LogP contribution in [-0.4, -0.2) is 62.7 Å². The van der Waals surface area contributed by atoms with E-state index in [1.807, 2.05) is 41.5 Å². The summed E-state index contributed by atoms with van der Waals surface area (Å²) >= 11 is 0. The Morgan fingerprint density at radius 1 is 0.969 bits per heavy atom. The Labute approximate surface area is 192 Å². The Hall–Kier alpha value is -2.32. The molecule has 0 aromatic heterocycles. The van der Waals surface area contributed by atoms with Crippen molar-refractivity contribution in [2.45, 2.75) is 71.7 Å². The number of hydrogen-bond acceptors (Lipinski definition) is 6. The third kappa shape index (κ3) is 12.5. The molecule has 182 valence electrons. The molecular weight excluding hydrogens is 412 g/mol. The maximum atomic E-state index is 12.2. The number of carbonyl (C=O) groups is 2. The van der Waals surface area contributed by atoms with E-state index in [-0.39, 0.29) is 17.6 Å². The summed E-state index contributed by atoms with van der Waals surface area (Å²) < 4.78 is 22.0. The van der Waals surface area contributed by atoms with Gasteiger partial charge in [-0.15, -0.1) is 0 Å². The van der Waals surface area contributed by atoms with Crippen LogP contribution in [-0.2, 0) is 14.2 Å². The summed E-state index contributed by atoms with van der Waals surface area (Å²) in [5.74, 6) is 0.564. The molecule has 8 nitrogen and oxygen atoms in total. The molecule has 2 N–H and O–H groups in total. The predicted molar refractivity (Wildman–Crippen MR) is 124 cm³/mol. The van der Waals surface area contributed by atoms with E-state index >= 15 is 0 Å². The van der Waals surface area contributed by atoms with E-state index in [1.165, 1.54) is 0 Å². The number of hydrogen-bond donors (Lipinski definition) is 2. The summed E-state index contributed by atoms with van der Waals surface area (Å²) in [6.07, 6.45) is 0.990. The van der Waals surface area contributed by atoms with Crippen LogP contribution >= 0.6 is 0 Å². The molecule has 1 atom stereocenters. The minimum atomic E-state index is -0.504. The molecule has 1 rings (SSSR count). The van der Waals surface area contributed by atoms with Gasteiger partial charge in [0.1, 0.15) is 11.4 Å². The Morgan fingerprint density at radius 2 is 1.62 bits per heavy atom. The second-order valence-corrected chi connectivity index (χ2v) is 9.24. The topological polar surface area (TPSA) is 95.1 Å². The second kappa shape index (κ2) is 13.3. The second-order valence-electron chi connectivity index (χ2n) is 9.24. The predicted octanol–water partition coefficient (Wildman–Crippen LogP) is 3.93. The molecule has 0 fully saturated rings. The quantitative estimate of drug-likeness (QED) is 0.440. The van der Waals surface area contributed by atoms with Crippen LogP contribution in [0.5, 0.6) is 5.75 Å². The SMILES string of the molecule is COc1ccc(C(=O)NCCOC(C)(C)CCOC(C)CCNC(=O)OC(C)(C)C)cc1. The highest BCUT2D eigenvalue weighted by atomic mass is 16.6. The van der Waals surface area contributed by atoms with Crippen LogP contribution in [0.2, 0.25) is 0 Å². The van der Waals surface area contributed by atoms with E-state index < -0.39 is 11.7 Å². The lowest BCUT2D eigenvalue weighted by Crippen LogP contribution is -2.34. The summed E-state index contributed by atoms with van der Waals surface area (Å²) in [5.41, 5.74) is -0.302. The molecule has 0 bridgehead atoms. The lowest BCUT2D eigenvalue weighted by atomic mass is 10.1. The summed E-state index contributed by atoms with van der Waals surface area (Å²) in [5, 5.41) is 5.58. The van der Waals surface area contributed by atoms with Gasteiger partial charge in [-0.3, -0.25) is 4.79 Å². The van der Waals surface area contributed by atoms with Crippen LogP contribution in [0.3, 0.4) is 0 Å². The van der Waals surface area contributed by atoms with Crippen molar-refractivity contribution in [2.75, 3.05) is 33.4 Å². The van der Waals surface area contributed by atoms with Gasteiger partial charge in [-0.2, -0.15) is 0 Å². The fourth-order valence-electron chi connectivity index (χ4n) is 2.69. The van der Waals surface area contributed by atoms with Gasteiger partial charge < -0.3 is 29.6 Å². The lowest BCUT2D eigenvalue weighted by molar-refractivity contribution is -0.0479. The number of methoxy groups -OCH3 is 1. The zero-order chi connectivity index (χ0) is 24.2. The number of amides is 2. The van der Waals surface area contributed by atoms with Crippen LogP contribution in [0.25, 0.3) is 0 Å². The first kappa shape index (κ1) is 27.7. The van der Waals surface area contributed by atoms with E-state index in [2.05, 4.69) is 10.6 Å². The van der Waals surface area contributed by atoms with E-state index in [0.29, 0.717) is 50.5 Å². The fourth-order valence-corrected chi connectivity index (χ4v) is 2.69. The van der Waals surface area contributed by atoms with Crippen LogP contribution in [0.1, 0.15) is 64.7 Å². The number of rotatable bonds is 13. The number of nitrogens with one attached hydrogen (secondary N) is 2. The van der Waals surface area contributed by atoms with Gasteiger partial charge in [-0.05, 0) is 78.6 Å². The smallest absolute Gasteiger partial charge is 0.407 e. The minimum Gasteiger partial charge on any atom is -0.497 e. The molecule has 0 aliphatic rings. The molecule has 0 radical (unpaired) electrons. The van der Waals surface area contributed by atoms with E-state index in [4.69, 9.17) is 18.9 Å². The Kier molecular flexibility index (Phi) is 11.5. The Morgan fingerprint density at radius 3 is 2.22 bits per heavy atom. The molecule has 0 spiro atoms. The van der Waals surface area contributed by atoms with Crippen molar-refractivity contribution in [1.29, 1.82) is 0 Å². The molecule has 1 unspecified atom stereocenters. The van der Waals surface area contributed by atoms with Gasteiger partial charge in [-0.1, -0.05) is 0 Å². The highest BCUT2D eigenvalue weighted by molar-refractivity contribution is 5.94. The summed E-state index contributed by atoms with van der Waals surface area (Å²) in [4.78, 5) is 23.8. The van der Waals surface area contributed by atoms with E-state index in [0.717, 1.165) is 0 Å². The van der Waals surface area contributed by atoms with Crippen molar-refractivity contribution in [1.82, 2.24) is 10.6 Å². The molecule has 0 aliphatic carbocycles. The van der Waals surface area contributed by atoms with E-state index in [9.17, 15) is 9.59 Å². The highest BCUT2D eigenvalue weighted by Crippen LogP contribution is 2.15. The van der Waals surface area contributed by atoms with Crippen LogP contribution in [0, 0.1) is 0 Å².